The molecular formula is C12H24N2O. The van der Waals surface area contributed by atoms with Crippen molar-refractivity contribution in [1.82, 2.24) is 10.2 Å². The predicted molar refractivity (Wildman–Crippen MR) is 62.8 cm³/mol. The molecule has 2 unspecified atom stereocenters. The molecule has 0 spiro atoms. The molecule has 1 fully saturated rings. The van der Waals surface area contributed by atoms with Gasteiger partial charge in [-0.1, -0.05) is 13.3 Å². The first-order valence-corrected chi connectivity index (χ1v) is 6.17. The van der Waals surface area contributed by atoms with Crippen LogP contribution in [-0.2, 0) is 4.79 Å². The summed E-state index contributed by atoms with van der Waals surface area (Å²) in [5.41, 5.74) is 0. The van der Waals surface area contributed by atoms with E-state index in [2.05, 4.69) is 31.0 Å². The predicted octanol–water partition coefficient (Wildman–Crippen LogP) is 1.78. The van der Waals surface area contributed by atoms with E-state index >= 15 is 0 Å². The smallest absolute Gasteiger partial charge is 0.234 e. The van der Waals surface area contributed by atoms with E-state index in [0.29, 0.717) is 18.6 Å². The van der Waals surface area contributed by atoms with Crippen molar-refractivity contribution in [2.45, 2.75) is 58.5 Å². The van der Waals surface area contributed by atoms with Crippen LogP contribution in [0.1, 0.15) is 46.5 Å². The van der Waals surface area contributed by atoms with Gasteiger partial charge in [-0.15, -0.1) is 0 Å². The first kappa shape index (κ1) is 12.5. The number of piperidine rings is 1. The summed E-state index contributed by atoms with van der Waals surface area (Å²) in [5.74, 6) is 0.178. The minimum atomic E-state index is 0.178. The molecule has 0 radical (unpaired) electrons. The molecule has 1 aliphatic heterocycles. The van der Waals surface area contributed by atoms with Crippen molar-refractivity contribution in [2.75, 3.05) is 13.1 Å². The molecule has 1 N–H and O–H groups in total. The van der Waals surface area contributed by atoms with E-state index in [1.54, 1.807) is 0 Å². The van der Waals surface area contributed by atoms with Crippen LogP contribution in [0.15, 0.2) is 0 Å². The van der Waals surface area contributed by atoms with Crippen LogP contribution >= 0.6 is 0 Å². The average molecular weight is 212 g/mol. The Kier molecular flexibility index (Phi) is 5.09. The van der Waals surface area contributed by atoms with Crippen molar-refractivity contribution >= 4 is 5.91 Å². The summed E-state index contributed by atoms with van der Waals surface area (Å²) in [4.78, 5) is 13.9. The second-order valence-corrected chi connectivity index (χ2v) is 4.65. The first-order chi connectivity index (χ1) is 7.15. The van der Waals surface area contributed by atoms with E-state index < -0.39 is 0 Å². The molecule has 0 saturated carbocycles. The fraction of sp³-hybridized carbons (Fsp3) is 0.917. The summed E-state index contributed by atoms with van der Waals surface area (Å²) < 4.78 is 0. The molecule has 2 atom stereocenters. The van der Waals surface area contributed by atoms with Gasteiger partial charge in [0.15, 0.2) is 0 Å². The highest BCUT2D eigenvalue weighted by Gasteiger charge is 2.25. The maximum Gasteiger partial charge on any atom is 0.234 e. The lowest BCUT2D eigenvalue weighted by atomic mass is 9.97. The number of likely N-dealkylation sites (tertiary alicyclic amines) is 1. The van der Waals surface area contributed by atoms with Crippen LogP contribution in [0.5, 0.6) is 0 Å². The Labute approximate surface area is 93.2 Å². The SMILES string of the molecule is CCCNC(=O)CN1C(C)CCCC1C. The molecule has 0 aromatic carbocycles. The van der Waals surface area contributed by atoms with Gasteiger partial charge in [0.1, 0.15) is 0 Å². The molecule has 3 nitrogen and oxygen atoms in total. The van der Waals surface area contributed by atoms with Crippen molar-refractivity contribution in [1.29, 1.82) is 0 Å². The third-order valence-electron chi connectivity index (χ3n) is 3.27. The quantitative estimate of drug-likeness (QED) is 0.770. The van der Waals surface area contributed by atoms with E-state index in [9.17, 15) is 4.79 Å². The molecular weight excluding hydrogens is 188 g/mol. The summed E-state index contributed by atoms with van der Waals surface area (Å²) in [7, 11) is 0. The van der Waals surface area contributed by atoms with Gasteiger partial charge >= 0.3 is 0 Å². The largest absolute Gasteiger partial charge is 0.355 e. The molecule has 1 aliphatic rings. The zero-order valence-corrected chi connectivity index (χ0v) is 10.3. The number of hydrogen-bond donors (Lipinski definition) is 1. The Morgan fingerprint density at radius 3 is 2.47 bits per heavy atom. The first-order valence-electron chi connectivity index (χ1n) is 6.17. The number of nitrogens with one attached hydrogen (secondary N) is 1. The Morgan fingerprint density at radius 1 is 1.33 bits per heavy atom. The third kappa shape index (κ3) is 3.82. The second kappa shape index (κ2) is 6.11. The molecule has 88 valence electrons. The molecule has 0 aromatic rings. The van der Waals surface area contributed by atoms with Gasteiger partial charge in [0, 0.05) is 18.6 Å². The Bertz CT molecular complexity index is 196. The van der Waals surface area contributed by atoms with E-state index in [1.165, 1.54) is 19.3 Å². The van der Waals surface area contributed by atoms with Crippen LogP contribution in [0, 0.1) is 0 Å². The maximum absolute atomic E-state index is 11.6. The molecule has 1 rings (SSSR count). The van der Waals surface area contributed by atoms with Gasteiger partial charge in [-0.3, -0.25) is 9.69 Å². The van der Waals surface area contributed by atoms with Gasteiger partial charge in [0.2, 0.25) is 5.91 Å². The van der Waals surface area contributed by atoms with Crippen LogP contribution < -0.4 is 5.32 Å². The molecule has 1 saturated heterocycles. The Balaban J connectivity index is 2.37. The highest BCUT2D eigenvalue weighted by atomic mass is 16.2. The number of nitrogens with zero attached hydrogens (tertiary/aromatic N) is 1. The van der Waals surface area contributed by atoms with Gasteiger partial charge in [-0.2, -0.15) is 0 Å². The molecule has 15 heavy (non-hydrogen) atoms. The number of carbonyl (C=O) groups excluding carboxylic acids is 1. The van der Waals surface area contributed by atoms with Gasteiger partial charge in [0.05, 0.1) is 6.54 Å². The third-order valence-corrected chi connectivity index (χ3v) is 3.27. The van der Waals surface area contributed by atoms with Gasteiger partial charge in [0.25, 0.3) is 0 Å². The van der Waals surface area contributed by atoms with Gasteiger partial charge in [-0.25, -0.2) is 0 Å². The van der Waals surface area contributed by atoms with Crippen LogP contribution in [0.25, 0.3) is 0 Å². The zero-order valence-electron chi connectivity index (χ0n) is 10.3. The Morgan fingerprint density at radius 2 is 1.93 bits per heavy atom. The van der Waals surface area contributed by atoms with Crippen molar-refractivity contribution < 1.29 is 4.79 Å². The van der Waals surface area contributed by atoms with E-state index in [0.717, 1.165) is 13.0 Å². The highest BCUT2D eigenvalue weighted by Crippen LogP contribution is 2.21. The minimum Gasteiger partial charge on any atom is -0.355 e. The second-order valence-electron chi connectivity index (χ2n) is 4.65. The lowest BCUT2D eigenvalue weighted by Gasteiger charge is -2.38. The summed E-state index contributed by atoms with van der Waals surface area (Å²) in [6, 6.07) is 1.11. The molecule has 1 heterocycles. The molecule has 3 heteroatoms. The van der Waals surface area contributed by atoms with Crippen LogP contribution in [-0.4, -0.2) is 36.0 Å². The lowest BCUT2D eigenvalue weighted by Crippen LogP contribution is -2.48. The van der Waals surface area contributed by atoms with Crippen molar-refractivity contribution in [3.05, 3.63) is 0 Å². The summed E-state index contributed by atoms with van der Waals surface area (Å²) in [6.45, 7) is 7.90. The number of rotatable bonds is 4. The molecule has 1 amide bonds. The van der Waals surface area contributed by atoms with E-state index in [1.807, 2.05) is 0 Å². The topological polar surface area (TPSA) is 32.3 Å². The standard InChI is InChI=1S/C12H24N2O/c1-4-8-13-12(15)9-14-10(2)6-5-7-11(14)3/h10-11H,4-9H2,1-3H3,(H,13,15). The monoisotopic (exact) mass is 212 g/mol. The highest BCUT2D eigenvalue weighted by molar-refractivity contribution is 5.78. The van der Waals surface area contributed by atoms with Crippen molar-refractivity contribution in [3.8, 4) is 0 Å². The Hall–Kier alpha value is -0.570. The minimum absolute atomic E-state index is 0.178. The fourth-order valence-electron chi connectivity index (χ4n) is 2.27. The van der Waals surface area contributed by atoms with E-state index in [4.69, 9.17) is 0 Å². The van der Waals surface area contributed by atoms with Gasteiger partial charge < -0.3 is 5.32 Å². The van der Waals surface area contributed by atoms with Crippen LogP contribution in [0.4, 0.5) is 0 Å². The summed E-state index contributed by atoms with van der Waals surface area (Å²) >= 11 is 0. The summed E-state index contributed by atoms with van der Waals surface area (Å²) in [5, 5.41) is 2.94. The van der Waals surface area contributed by atoms with Crippen LogP contribution in [0.2, 0.25) is 0 Å². The van der Waals surface area contributed by atoms with Crippen molar-refractivity contribution in [2.24, 2.45) is 0 Å². The molecule has 0 aromatic heterocycles. The van der Waals surface area contributed by atoms with E-state index in [-0.39, 0.29) is 5.91 Å². The fourth-order valence-corrected chi connectivity index (χ4v) is 2.27. The number of hydrogen-bond acceptors (Lipinski definition) is 2. The number of carbonyl (C=O) groups is 1. The molecule has 0 aliphatic carbocycles. The van der Waals surface area contributed by atoms with Crippen LogP contribution in [0.3, 0.4) is 0 Å². The van der Waals surface area contributed by atoms with Crippen molar-refractivity contribution in [3.63, 3.8) is 0 Å². The molecule has 0 bridgehead atoms. The average Bonchev–Trinajstić information content (AvgIpc) is 2.21. The number of amides is 1. The lowest BCUT2D eigenvalue weighted by molar-refractivity contribution is -0.123. The maximum atomic E-state index is 11.6. The zero-order chi connectivity index (χ0) is 11.3. The summed E-state index contributed by atoms with van der Waals surface area (Å²) in [6.07, 6.45) is 4.77. The normalized spacial score (nSPS) is 27.7. The van der Waals surface area contributed by atoms with Gasteiger partial charge in [-0.05, 0) is 33.1 Å².